The molecule has 0 saturated carbocycles. The minimum Gasteiger partial charge on any atom is -0.480 e. The fourth-order valence-corrected chi connectivity index (χ4v) is 1.92. The lowest BCUT2D eigenvalue weighted by atomic mass is 9.93. The van der Waals surface area contributed by atoms with Crippen LogP contribution in [0.5, 0.6) is 11.8 Å². The topological polar surface area (TPSA) is 70.5 Å². The first-order chi connectivity index (χ1) is 8.76. The van der Waals surface area contributed by atoms with Crippen molar-refractivity contribution in [2.75, 3.05) is 27.4 Å². The Morgan fingerprint density at radius 1 is 1.33 bits per heavy atom. The van der Waals surface area contributed by atoms with Gasteiger partial charge in [-0.15, -0.1) is 0 Å². The van der Waals surface area contributed by atoms with Gasteiger partial charge < -0.3 is 14.2 Å². The fraction of sp³-hybridized carbons (Fsp3) is 0.583. The van der Waals surface area contributed by atoms with E-state index in [1.165, 1.54) is 20.4 Å². The van der Waals surface area contributed by atoms with Crippen LogP contribution in [0.25, 0.3) is 0 Å². The van der Waals surface area contributed by atoms with E-state index in [0.717, 1.165) is 12.8 Å². The normalized spacial score (nSPS) is 16.3. The number of hydrogen-bond acceptors (Lipinski definition) is 6. The molecule has 1 saturated heterocycles. The Hall–Kier alpha value is -1.69. The third-order valence-electron chi connectivity index (χ3n) is 2.95. The molecule has 6 heteroatoms. The molecular weight excluding hydrogens is 236 g/mol. The standard InChI is InChI=1S/C12H16N2O4/c1-16-9-7-13-10(12(14-9)17-2)11(15)8-3-5-18-6-4-8/h7-8H,3-6H2,1-2H3. The van der Waals surface area contributed by atoms with Crippen molar-refractivity contribution in [3.8, 4) is 11.8 Å². The number of Topliss-reactive ketones (excluding diaryl/α,β-unsaturated/α-hetero) is 1. The van der Waals surface area contributed by atoms with E-state index in [9.17, 15) is 4.79 Å². The molecule has 0 N–H and O–H groups in total. The molecule has 0 atom stereocenters. The molecular formula is C12H16N2O4. The molecule has 0 aliphatic carbocycles. The molecule has 1 aliphatic heterocycles. The van der Waals surface area contributed by atoms with Gasteiger partial charge in [0.2, 0.25) is 11.8 Å². The van der Waals surface area contributed by atoms with Crippen LogP contribution in [0.15, 0.2) is 6.20 Å². The molecule has 0 amide bonds. The Morgan fingerprint density at radius 2 is 2.06 bits per heavy atom. The van der Waals surface area contributed by atoms with Crippen molar-refractivity contribution in [2.45, 2.75) is 12.8 Å². The summed E-state index contributed by atoms with van der Waals surface area (Å²) in [6, 6.07) is 0. The van der Waals surface area contributed by atoms with Crippen LogP contribution in [0.4, 0.5) is 0 Å². The summed E-state index contributed by atoms with van der Waals surface area (Å²) < 4.78 is 15.3. The molecule has 18 heavy (non-hydrogen) atoms. The first-order valence-electron chi connectivity index (χ1n) is 5.83. The lowest BCUT2D eigenvalue weighted by molar-refractivity contribution is 0.0539. The highest BCUT2D eigenvalue weighted by atomic mass is 16.5. The summed E-state index contributed by atoms with van der Waals surface area (Å²) in [4.78, 5) is 20.5. The first-order valence-corrected chi connectivity index (χ1v) is 5.83. The van der Waals surface area contributed by atoms with Crippen molar-refractivity contribution in [1.82, 2.24) is 9.97 Å². The van der Waals surface area contributed by atoms with Crippen molar-refractivity contribution in [3.63, 3.8) is 0 Å². The van der Waals surface area contributed by atoms with Gasteiger partial charge in [-0.2, -0.15) is 4.98 Å². The third-order valence-corrected chi connectivity index (χ3v) is 2.95. The summed E-state index contributed by atoms with van der Waals surface area (Å²) in [6.07, 6.45) is 2.86. The summed E-state index contributed by atoms with van der Waals surface area (Å²) in [5.41, 5.74) is 0.269. The highest BCUT2D eigenvalue weighted by Crippen LogP contribution is 2.24. The molecule has 1 aromatic rings. The Labute approximate surface area is 105 Å². The summed E-state index contributed by atoms with van der Waals surface area (Å²) >= 11 is 0. The minimum absolute atomic E-state index is 0.0368. The van der Waals surface area contributed by atoms with Crippen molar-refractivity contribution in [1.29, 1.82) is 0 Å². The zero-order valence-electron chi connectivity index (χ0n) is 10.5. The van der Waals surface area contributed by atoms with Gasteiger partial charge in [0.1, 0.15) is 0 Å². The molecule has 1 fully saturated rings. The van der Waals surface area contributed by atoms with E-state index in [-0.39, 0.29) is 23.3 Å². The molecule has 0 spiro atoms. The average molecular weight is 252 g/mol. The molecule has 2 heterocycles. The van der Waals surface area contributed by atoms with Gasteiger partial charge in [-0.05, 0) is 12.8 Å². The van der Waals surface area contributed by atoms with E-state index in [1.807, 2.05) is 0 Å². The van der Waals surface area contributed by atoms with Crippen LogP contribution in [0.2, 0.25) is 0 Å². The van der Waals surface area contributed by atoms with E-state index >= 15 is 0 Å². The maximum Gasteiger partial charge on any atom is 0.246 e. The van der Waals surface area contributed by atoms with Gasteiger partial charge in [-0.25, -0.2) is 4.98 Å². The number of methoxy groups -OCH3 is 2. The largest absolute Gasteiger partial charge is 0.480 e. The van der Waals surface area contributed by atoms with Crippen LogP contribution in [0, 0.1) is 5.92 Å². The molecule has 0 aromatic carbocycles. The molecule has 0 unspecified atom stereocenters. The summed E-state index contributed by atoms with van der Waals surface area (Å²) in [5, 5.41) is 0. The average Bonchev–Trinajstić information content (AvgIpc) is 2.46. The molecule has 6 nitrogen and oxygen atoms in total. The van der Waals surface area contributed by atoms with Gasteiger partial charge in [0.25, 0.3) is 0 Å². The fourth-order valence-electron chi connectivity index (χ4n) is 1.92. The molecule has 0 radical (unpaired) electrons. The summed E-state index contributed by atoms with van der Waals surface area (Å²) in [6.45, 7) is 1.23. The van der Waals surface area contributed by atoms with Crippen LogP contribution >= 0.6 is 0 Å². The van der Waals surface area contributed by atoms with Gasteiger partial charge in [0.05, 0.1) is 20.4 Å². The predicted octanol–water partition coefficient (Wildman–Crippen LogP) is 1.10. The Kier molecular flexibility index (Phi) is 4.09. The Morgan fingerprint density at radius 3 is 2.67 bits per heavy atom. The second-order valence-corrected chi connectivity index (χ2v) is 4.02. The zero-order valence-corrected chi connectivity index (χ0v) is 10.5. The van der Waals surface area contributed by atoms with Crippen LogP contribution in [-0.2, 0) is 4.74 Å². The number of nitrogens with zero attached hydrogens (tertiary/aromatic N) is 2. The van der Waals surface area contributed by atoms with Gasteiger partial charge in [-0.1, -0.05) is 0 Å². The summed E-state index contributed by atoms with van der Waals surface area (Å²) in [7, 11) is 2.95. The van der Waals surface area contributed by atoms with Crippen molar-refractivity contribution < 1.29 is 19.0 Å². The molecule has 1 aliphatic rings. The number of carbonyl (C=O) groups excluding carboxylic acids is 1. The number of carbonyl (C=O) groups is 1. The van der Waals surface area contributed by atoms with Gasteiger partial charge in [-0.3, -0.25) is 4.79 Å². The predicted molar refractivity (Wildman–Crippen MR) is 63.0 cm³/mol. The quantitative estimate of drug-likeness (QED) is 0.747. The zero-order chi connectivity index (χ0) is 13.0. The van der Waals surface area contributed by atoms with Gasteiger partial charge >= 0.3 is 0 Å². The van der Waals surface area contributed by atoms with E-state index in [4.69, 9.17) is 14.2 Å². The lowest BCUT2D eigenvalue weighted by Crippen LogP contribution is -2.24. The number of ether oxygens (including phenoxy) is 3. The van der Waals surface area contributed by atoms with Crippen LogP contribution in [-0.4, -0.2) is 43.2 Å². The molecule has 0 bridgehead atoms. The Bertz CT molecular complexity index is 430. The minimum atomic E-state index is -0.0599. The van der Waals surface area contributed by atoms with Crippen LogP contribution in [0.3, 0.4) is 0 Å². The van der Waals surface area contributed by atoms with E-state index in [0.29, 0.717) is 19.1 Å². The lowest BCUT2D eigenvalue weighted by Gasteiger charge is -2.20. The highest BCUT2D eigenvalue weighted by Gasteiger charge is 2.27. The van der Waals surface area contributed by atoms with Gasteiger partial charge in [0, 0.05) is 19.1 Å². The monoisotopic (exact) mass is 252 g/mol. The van der Waals surface area contributed by atoms with Crippen LogP contribution in [0.1, 0.15) is 23.3 Å². The van der Waals surface area contributed by atoms with E-state index in [2.05, 4.69) is 9.97 Å². The van der Waals surface area contributed by atoms with E-state index in [1.54, 1.807) is 0 Å². The number of rotatable bonds is 4. The second kappa shape index (κ2) is 5.77. The SMILES string of the molecule is COc1cnc(C(=O)C2CCOCC2)c(OC)n1. The maximum atomic E-state index is 12.3. The number of aromatic nitrogens is 2. The van der Waals surface area contributed by atoms with Crippen LogP contribution < -0.4 is 9.47 Å². The highest BCUT2D eigenvalue weighted by molar-refractivity contribution is 5.98. The second-order valence-electron chi connectivity index (χ2n) is 4.02. The molecule has 2 rings (SSSR count). The maximum absolute atomic E-state index is 12.3. The first kappa shape index (κ1) is 12.8. The van der Waals surface area contributed by atoms with E-state index < -0.39 is 0 Å². The molecule has 98 valence electrons. The third kappa shape index (κ3) is 2.59. The van der Waals surface area contributed by atoms with Crippen molar-refractivity contribution >= 4 is 5.78 Å². The van der Waals surface area contributed by atoms with Crippen molar-refractivity contribution in [3.05, 3.63) is 11.9 Å². The number of hydrogen-bond donors (Lipinski definition) is 0. The van der Waals surface area contributed by atoms with Crippen molar-refractivity contribution in [2.24, 2.45) is 5.92 Å². The summed E-state index contributed by atoms with van der Waals surface area (Å²) in [5.74, 6) is 0.446. The smallest absolute Gasteiger partial charge is 0.246 e. The number of ketones is 1. The Balaban J connectivity index is 2.23. The van der Waals surface area contributed by atoms with Gasteiger partial charge in [0.15, 0.2) is 11.5 Å². The molecule has 1 aromatic heterocycles.